The number of hydrogen-bond acceptors (Lipinski definition) is 4. The predicted molar refractivity (Wildman–Crippen MR) is 50.4 cm³/mol. The number of ether oxygens (including phenoxy) is 2. The van der Waals surface area contributed by atoms with Crippen LogP contribution in [0.15, 0.2) is 23.8 Å². The minimum atomic E-state index is -1.59. The van der Waals surface area contributed by atoms with Crippen LogP contribution in [0.1, 0.15) is 6.92 Å². The molecular weight excluding hydrogens is 184 g/mol. The van der Waals surface area contributed by atoms with Crippen molar-refractivity contribution >= 4 is 5.97 Å². The summed E-state index contributed by atoms with van der Waals surface area (Å²) in [5.74, 6) is -2.89. The molecule has 0 saturated heterocycles. The average Bonchev–Trinajstić information content (AvgIpc) is 2.17. The topological polar surface area (TPSA) is 55.8 Å². The highest BCUT2D eigenvalue weighted by Crippen LogP contribution is 2.31. The molecule has 1 N–H and O–H groups in total. The molecule has 2 atom stereocenters. The number of hydrogen-bond donors (Lipinski definition) is 1. The van der Waals surface area contributed by atoms with Gasteiger partial charge in [0, 0.05) is 7.11 Å². The Morgan fingerprint density at radius 1 is 1.57 bits per heavy atom. The van der Waals surface area contributed by atoms with Gasteiger partial charge in [0.1, 0.15) is 5.92 Å². The Morgan fingerprint density at radius 3 is 2.71 bits per heavy atom. The lowest BCUT2D eigenvalue weighted by molar-refractivity contribution is -0.193. The molecule has 1 aliphatic rings. The lowest BCUT2D eigenvalue weighted by Gasteiger charge is -2.32. The molecule has 0 heterocycles. The molecular formula is C10H14O4. The number of allylic oxidation sites excluding steroid dienone is 2. The van der Waals surface area contributed by atoms with Gasteiger partial charge >= 0.3 is 5.97 Å². The number of esters is 1. The molecule has 0 fully saturated rings. The second kappa shape index (κ2) is 3.94. The number of carbonyl (C=O) groups excluding carboxylic acids is 1. The van der Waals surface area contributed by atoms with Crippen molar-refractivity contribution in [3.63, 3.8) is 0 Å². The summed E-state index contributed by atoms with van der Waals surface area (Å²) in [5.41, 5.74) is 0.712. The Labute approximate surface area is 82.8 Å². The van der Waals surface area contributed by atoms with Crippen molar-refractivity contribution in [3.8, 4) is 0 Å². The van der Waals surface area contributed by atoms with Crippen LogP contribution in [0.3, 0.4) is 0 Å². The summed E-state index contributed by atoms with van der Waals surface area (Å²) in [7, 11) is 2.63. The van der Waals surface area contributed by atoms with Crippen LogP contribution in [0.4, 0.5) is 0 Å². The first-order valence-corrected chi connectivity index (χ1v) is 4.26. The molecule has 0 aromatic carbocycles. The van der Waals surface area contributed by atoms with Crippen molar-refractivity contribution in [3.05, 3.63) is 23.8 Å². The fraction of sp³-hybridized carbons (Fsp3) is 0.500. The minimum Gasteiger partial charge on any atom is -0.468 e. The highest BCUT2D eigenvalue weighted by atomic mass is 16.6. The van der Waals surface area contributed by atoms with Crippen LogP contribution >= 0.6 is 0 Å². The van der Waals surface area contributed by atoms with Gasteiger partial charge in [0.25, 0.3) is 0 Å². The van der Waals surface area contributed by atoms with Gasteiger partial charge in [-0.15, -0.1) is 0 Å². The van der Waals surface area contributed by atoms with E-state index in [1.54, 1.807) is 19.1 Å². The lowest BCUT2D eigenvalue weighted by Crippen LogP contribution is -2.44. The molecule has 1 rings (SSSR count). The van der Waals surface area contributed by atoms with Gasteiger partial charge in [-0.3, -0.25) is 4.79 Å². The molecule has 4 nitrogen and oxygen atoms in total. The van der Waals surface area contributed by atoms with Crippen LogP contribution in [0.2, 0.25) is 0 Å². The molecule has 0 bridgehead atoms. The molecule has 1 aliphatic carbocycles. The van der Waals surface area contributed by atoms with Crippen molar-refractivity contribution < 1.29 is 19.4 Å². The highest BCUT2D eigenvalue weighted by Gasteiger charge is 2.43. The molecule has 0 saturated carbocycles. The predicted octanol–water partition coefficient (Wildman–Crippen LogP) is 0.627. The first kappa shape index (κ1) is 10.9. The first-order valence-electron chi connectivity index (χ1n) is 4.26. The Morgan fingerprint density at radius 2 is 2.21 bits per heavy atom. The monoisotopic (exact) mass is 198 g/mol. The number of rotatable bonds is 2. The third-order valence-corrected chi connectivity index (χ3v) is 2.33. The van der Waals surface area contributed by atoms with E-state index in [0.717, 1.165) is 0 Å². The zero-order chi connectivity index (χ0) is 10.8. The average molecular weight is 198 g/mol. The molecule has 0 spiro atoms. The van der Waals surface area contributed by atoms with Crippen LogP contribution < -0.4 is 0 Å². The zero-order valence-corrected chi connectivity index (χ0v) is 8.48. The summed E-state index contributed by atoms with van der Waals surface area (Å²) in [6, 6.07) is 0. The normalized spacial score (nSPS) is 31.1. The molecule has 14 heavy (non-hydrogen) atoms. The largest absolute Gasteiger partial charge is 0.468 e. The molecule has 2 unspecified atom stereocenters. The van der Waals surface area contributed by atoms with Crippen molar-refractivity contribution in [2.75, 3.05) is 14.2 Å². The third kappa shape index (κ3) is 1.71. The van der Waals surface area contributed by atoms with Crippen LogP contribution in [-0.2, 0) is 14.3 Å². The highest BCUT2D eigenvalue weighted by molar-refractivity contribution is 5.78. The van der Waals surface area contributed by atoms with Gasteiger partial charge in [0.15, 0.2) is 0 Å². The molecule has 0 radical (unpaired) electrons. The number of methoxy groups -OCH3 is 2. The number of aliphatic hydroxyl groups is 1. The van der Waals surface area contributed by atoms with E-state index in [1.165, 1.54) is 20.3 Å². The standard InChI is InChI=1S/C10H14O4/c1-7-5-4-6-10(12,14-3)8(7)9(11)13-2/h4-6,8,12H,1-3H3. The van der Waals surface area contributed by atoms with Gasteiger partial charge in [-0.2, -0.15) is 0 Å². The summed E-state index contributed by atoms with van der Waals surface area (Å²) in [5, 5.41) is 9.96. The second-order valence-corrected chi connectivity index (χ2v) is 3.18. The van der Waals surface area contributed by atoms with Crippen molar-refractivity contribution in [2.24, 2.45) is 5.92 Å². The summed E-state index contributed by atoms with van der Waals surface area (Å²) in [6.07, 6.45) is 4.83. The van der Waals surface area contributed by atoms with Gasteiger partial charge in [0.2, 0.25) is 5.79 Å². The van der Waals surface area contributed by atoms with Gasteiger partial charge in [-0.1, -0.05) is 17.7 Å². The van der Waals surface area contributed by atoms with E-state index in [1.807, 2.05) is 0 Å². The van der Waals surface area contributed by atoms with E-state index in [-0.39, 0.29) is 0 Å². The van der Waals surface area contributed by atoms with E-state index in [9.17, 15) is 9.90 Å². The fourth-order valence-corrected chi connectivity index (χ4v) is 1.51. The van der Waals surface area contributed by atoms with E-state index in [4.69, 9.17) is 4.74 Å². The maximum absolute atomic E-state index is 11.4. The Kier molecular flexibility index (Phi) is 3.08. The minimum absolute atomic E-state index is 0.507. The van der Waals surface area contributed by atoms with Crippen molar-refractivity contribution in [1.29, 1.82) is 0 Å². The summed E-state index contributed by atoms with van der Waals surface area (Å²) in [6.45, 7) is 1.75. The Hall–Kier alpha value is -1.13. The van der Waals surface area contributed by atoms with Gasteiger partial charge < -0.3 is 14.6 Å². The van der Waals surface area contributed by atoms with Crippen LogP contribution in [-0.4, -0.2) is 31.1 Å². The molecule has 0 amide bonds. The van der Waals surface area contributed by atoms with E-state index >= 15 is 0 Å². The van der Waals surface area contributed by atoms with E-state index in [2.05, 4.69) is 4.74 Å². The van der Waals surface area contributed by atoms with Gasteiger partial charge in [-0.25, -0.2) is 0 Å². The van der Waals surface area contributed by atoms with Crippen LogP contribution in [0.25, 0.3) is 0 Å². The quantitative estimate of drug-likeness (QED) is 0.522. The van der Waals surface area contributed by atoms with Crippen LogP contribution in [0, 0.1) is 5.92 Å². The third-order valence-electron chi connectivity index (χ3n) is 2.33. The second-order valence-electron chi connectivity index (χ2n) is 3.18. The van der Waals surface area contributed by atoms with Crippen molar-refractivity contribution in [2.45, 2.75) is 12.7 Å². The maximum atomic E-state index is 11.4. The molecule has 4 heteroatoms. The summed E-state index contributed by atoms with van der Waals surface area (Å²) < 4.78 is 9.52. The Bertz CT molecular complexity index is 292. The van der Waals surface area contributed by atoms with Crippen LogP contribution in [0.5, 0.6) is 0 Å². The SMILES string of the molecule is COC(=O)C1C(C)=CC=CC1(O)OC. The smallest absolute Gasteiger partial charge is 0.318 e. The van der Waals surface area contributed by atoms with Gasteiger partial charge in [0.05, 0.1) is 7.11 Å². The number of carbonyl (C=O) groups is 1. The van der Waals surface area contributed by atoms with E-state index < -0.39 is 17.7 Å². The molecule has 0 aromatic rings. The first-order chi connectivity index (χ1) is 6.55. The summed E-state index contributed by atoms with van der Waals surface area (Å²) >= 11 is 0. The van der Waals surface area contributed by atoms with Crippen molar-refractivity contribution in [1.82, 2.24) is 0 Å². The Balaban J connectivity index is 3.03. The molecule has 0 aliphatic heterocycles. The lowest BCUT2D eigenvalue weighted by atomic mass is 9.87. The maximum Gasteiger partial charge on any atom is 0.318 e. The zero-order valence-electron chi connectivity index (χ0n) is 8.48. The molecule has 0 aromatic heterocycles. The van der Waals surface area contributed by atoms with Gasteiger partial charge in [-0.05, 0) is 13.0 Å². The van der Waals surface area contributed by atoms with E-state index in [0.29, 0.717) is 5.57 Å². The fourth-order valence-electron chi connectivity index (χ4n) is 1.51. The summed E-state index contributed by atoms with van der Waals surface area (Å²) in [4.78, 5) is 11.4. The molecule has 78 valence electrons.